The van der Waals surface area contributed by atoms with Crippen molar-refractivity contribution in [2.24, 2.45) is 0 Å². The molecular formula is C14H12BrNS3. The Kier molecular flexibility index (Phi) is 4.50. The molecule has 0 aromatic carbocycles. The zero-order valence-corrected chi connectivity index (χ0v) is 14.1. The van der Waals surface area contributed by atoms with Gasteiger partial charge >= 0.3 is 0 Å². The molecule has 0 amide bonds. The lowest BCUT2D eigenvalue weighted by Crippen LogP contribution is -2.10. The largest absolute Gasteiger partial charge is 0.307 e. The quantitative estimate of drug-likeness (QED) is 0.617. The Labute approximate surface area is 133 Å². The van der Waals surface area contributed by atoms with Crippen molar-refractivity contribution in [3.63, 3.8) is 0 Å². The zero-order valence-electron chi connectivity index (χ0n) is 10.1. The summed E-state index contributed by atoms with van der Waals surface area (Å²) in [6.07, 6.45) is 0. The maximum atomic E-state index is 3.49. The van der Waals surface area contributed by atoms with Crippen LogP contribution in [-0.4, -0.2) is 0 Å². The Morgan fingerprint density at radius 1 is 1.00 bits per heavy atom. The summed E-state index contributed by atoms with van der Waals surface area (Å²) in [5, 5.41) is 9.98. The Bertz CT molecular complexity index is 639. The first-order chi connectivity index (χ1) is 9.31. The van der Waals surface area contributed by atoms with Crippen molar-refractivity contribution >= 4 is 49.9 Å². The molecule has 0 aliphatic carbocycles. The molecule has 0 spiro atoms. The lowest BCUT2D eigenvalue weighted by Gasteiger charge is -1.99. The van der Waals surface area contributed by atoms with Gasteiger partial charge in [0.2, 0.25) is 0 Å². The highest BCUT2D eigenvalue weighted by atomic mass is 79.9. The summed E-state index contributed by atoms with van der Waals surface area (Å²) in [5.41, 5.74) is 1.34. The van der Waals surface area contributed by atoms with Crippen LogP contribution in [0.25, 0.3) is 10.4 Å². The van der Waals surface area contributed by atoms with Crippen molar-refractivity contribution in [3.8, 4) is 10.4 Å². The predicted molar refractivity (Wildman–Crippen MR) is 90.2 cm³/mol. The lowest BCUT2D eigenvalue weighted by molar-refractivity contribution is 0.709. The second kappa shape index (κ2) is 6.33. The van der Waals surface area contributed by atoms with Crippen molar-refractivity contribution in [2.45, 2.75) is 13.1 Å². The van der Waals surface area contributed by atoms with Gasteiger partial charge in [-0.05, 0) is 44.9 Å². The van der Waals surface area contributed by atoms with Gasteiger partial charge < -0.3 is 5.32 Å². The fourth-order valence-electron chi connectivity index (χ4n) is 1.80. The molecule has 3 heterocycles. The smallest absolute Gasteiger partial charge is 0.0351 e. The minimum Gasteiger partial charge on any atom is -0.307 e. The summed E-state index contributed by atoms with van der Waals surface area (Å²) in [4.78, 5) is 4.10. The van der Waals surface area contributed by atoms with Gasteiger partial charge in [0.25, 0.3) is 0 Å². The van der Waals surface area contributed by atoms with E-state index in [1.165, 1.54) is 24.7 Å². The van der Waals surface area contributed by atoms with Gasteiger partial charge in [-0.15, -0.1) is 34.0 Å². The minimum absolute atomic E-state index is 0.933. The fourth-order valence-corrected chi connectivity index (χ4v) is 4.86. The van der Waals surface area contributed by atoms with Crippen molar-refractivity contribution < 1.29 is 0 Å². The summed E-state index contributed by atoms with van der Waals surface area (Å²) < 4.78 is 1.17. The van der Waals surface area contributed by atoms with Gasteiger partial charge in [0.1, 0.15) is 0 Å². The monoisotopic (exact) mass is 369 g/mol. The van der Waals surface area contributed by atoms with Crippen LogP contribution in [0.4, 0.5) is 0 Å². The van der Waals surface area contributed by atoms with E-state index in [1.54, 1.807) is 22.7 Å². The van der Waals surface area contributed by atoms with Crippen molar-refractivity contribution in [3.05, 3.63) is 54.6 Å². The number of thiophene rings is 3. The average Bonchev–Trinajstić information content (AvgIpc) is 3.09. The maximum absolute atomic E-state index is 3.49. The molecule has 0 radical (unpaired) electrons. The summed E-state index contributed by atoms with van der Waals surface area (Å²) in [6.45, 7) is 1.87. The Morgan fingerprint density at radius 2 is 1.79 bits per heavy atom. The van der Waals surface area contributed by atoms with Gasteiger partial charge in [-0.2, -0.15) is 0 Å². The van der Waals surface area contributed by atoms with Crippen LogP contribution in [0, 0.1) is 0 Å². The van der Waals surface area contributed by atoms with E-state index in [0.717, 1.165) is 13.1 Å². The van der Waals surface area contributed by atoms with E-state index >= 15 is 0 Å². The molecule has 0 aliphatic heterocycles. The van der Waals surface area contributed by atoms with Gasteiger partial charge in [0.15, 0.2) is 0 Å². The Hall–Kier alpha value is -0.460. The fraction of sp³-hybridized carbons (Fsp3) is 0.143. The first-order valence-corrected chi connectivity index (χ1v) is 9.29. The number of rotatable bonds is 5. The molecule has 1 nitrogen and oxygen atoms in total. The maximum Gasteiger partial charge on any atom is 0.0351 e. The molecular weight excluding hydrogens is 358 g/mol. The number of halogens is 1. The third-order valence-electron chi connectivity index (χ3n) is 2.68. The van der Waals surface area contributed by atoms with E-state index in [1.807, 2.05) is 11.3 Å². The third kappa shape index (κ3) is 3.55. The Morgan fingerprint density at radius 3 is 2.47 bits per heavy atom. The molecule has 1 N–H and O–H groups in total. The highest BCUT2D eigenvalue weighted by molar-refractivity contribution is 9.10. The zero-order chi connectivity index (χ0) is 13.1. The molecule has 3 rings (SSSR count). The first kappa shape index (κ1) is 13.5. The number of hydrogen-bond acceptors (Lipinski definition) is 4. The number of hydrogen-bond donors (Lipinski definition) is 1. The second-order valence-corrected chi connectivity index (χ2v) is 7.97. The molecule has 3 aromatic heterocycles. The molecule has 0 saturated heterocycles. The second-order valence-electron chi connectivity index (χ2n) is 4.11. The van der Waals surface area contributed by atoms with Gasteiger partial charge in [-0.25, -0.2) is 0 Å². The average molecular weight is 370 g/mol. The van der Waals surface area contributed by atoms with Crippen LogP contribution < -0.4 is 5.32 Å². The van der Waals surface area contributed by atoms with Crippen LogP contribution in [0.2, 0.25) is 0 Å². The third-order valence-corrected chi connectivity index (χ3v) is 6.23. The van der Waals surface area contributed by atoms with Gasteiger partial charge in [-0.1, -0.05) is 6.07 Å². The van der Waals surface area contributed by atoms with E-state index in [-0.39, 0.29) is 0 Å². The minimum atomic E-state index is 0.933. The standard InChI is InChI=1S/C14H12BrNS3/c15-11-5-13(19-9-11)7-16-6-12-4-10(8-18-12)14-2-1-3-17-14/h1-5,8-9,16H,6-7H2. The van der Waals surface area contributed by atoms with E-state index in [9.17, 15) is 0 Å². The van der Waals surface area contributed by atoms with Crippen molar-refractivity contribution in [1.29, 1.82) is 0 Å². The van der Waals surface area contributed by atoms with Crippen LogP contribution in [0.15, 0.2) is 44.9 Å². The molecule has 0 atom stereocenters. The molecule has 0 saturated carbocycles. The lowest BCUT2D eigenvalue weighted by atomic mass is 10.2. The van der Waals surface area contributed by atoms with Gasteiger partial charge in [-0.3, -0.25) is 0 Å². The summed E-state index contributed by atoms with van der Waals surface area (Å²) >= 11 is 8.89. The summed E-state index contributed by atoms with van der Waals surface area (Å²) in [7, 11) is 0. The molecule has 98 valence electrons. The van der Waals surface area contributed by atoms with Crippen LogP contribution in [0.5, 0.6) is 0 Å². The highest BCUT2D eigenvalue weighted by Crippen LogP contribution is 2.29. The molecule has 0 aliphatic rings. The highest BCUT2D eigenvalue weighted by Gasteiger charge is 2.03. The van der Waals surface area contributed by atoms with E-state index in [4.69, 9.17) is 0 Å². The van der Waals surface area contributed by atoms with Crippen molar-refractivity contribution in [1.82, 2.24) is 5.32 Å². The molecule has 0 bridgehead atoms. The SMILES string of the molecule is Brc1csc(CNCc2cc(-c3cccs3)cs2)c1. The molecule has 3 aromatic rings. The molecule has 0 fully saturated rings. The van der Waals surface area contributed by atoms with E-state index in [0.29, 0.717) is 0 Å². The summed E-state index contributed by atoms with van der Waals surface area (Å²) in [6, 6.07) is 8.73. The first-order valence-electron chi connectivity index (χ1n) is 5.86. The normalized spacial score (nSPS) is 11.0. The Balaban J connectivity index is 1.56. The number of nitrogens with one attached hydrogen (secondary N) is 1. The van der Waals surface area contributed by atoms with E-state index in [2.05, 4.69) is 61.7 Å². The van der Waals surface area contributed by atoms with Crippen LogP contribution in [-0.2, 0) is 13.1 Å². The summed E-state index contributed by atoms with van der Waals surface area (Å²) in [5.74, 6) is 0. The van der Waals surface area contributed by atoms with Crippen LogP contribution >= 0.6 is 49.9 Å². The predicted octanol–water partition coefficient (Wildman–Crippen LogP) is 5.59. The van der Waals surface area contributed by atoms with Crippen LogP contribution in [0.3, 0.4) is 0 Å². The molecule has 5 heteroatoms. The molecule has 0 unspecified atom stereocenters. The van der Waals surface area contributed by atoms with Crippen molar-refractivity contribution in [2.75, 3.05) is 0 Å². The van der Waals surface area contributed by atoms with Gasteiger partial charge in [0, 0.05) is 43.1 Å². The van der Waals surface area contributed by atoms with Crippen LogP contribution in [0.1, 0.15) is 9.75 Å². The topological polar surface area (TPSA) is 12.0 Å². The van der Waals surface area contributed by atoms with Gasteiger partial charge in [0.05, 0.1) is 0 Å². The van der Waals surface area contributed by atoms with E-state index < -0.39 is 0 Å². The molecule has 19 heavy (non-hydrogen) atoms.